The average molecular weight is 223 g/mol. The van der Waals surface area contributed by atoms with Crippen LogP contribution in [-0.4, -0.2) is 36.9 Å². The van der Waals surface area contributed by atoms with Crippen LogP contribution in [-0.2, 0) is 4.74 Å². The van der Waals surface area contributed by atoms with Crippen LogP contribution in [0.1, 0.15) is 19.3 Å². The van der Waals surface area contributed by atoms with Crippen LogP contribution in [0.3, 0.4) is 0 Å². The second-order valence-electron chi connectivity index (χ2n) is 4.59. The molecule has 1 saturated heterocycles. The first-order chi connectivity index (χ1) is 7.66. The van der Waals surface area contributed by atoms with Crippen LogP contribution in [0, 0.1) is 0 Å². The minimum absolute atomic E-state index is 0.113. The van der Waals surface area contributed by atoms with E-state index in [2.05, 4.69) is 4.90 Å². The van der Waals surface area contributed by atoms with Crippen LogP contribution in [0.15, 0.2) is 23.9 Å². The fourth-order valence-corrected chi connectivity index (χ4v) is 2.57. The van der Waals surface area contributed by atoms with Gasteiger partial charge in [-0.2, -0.15) is 0 Å². The minimum Gasteiger partial charge on any atom is -0.399 e. The van der Waals surface area contributed by atoms with Gasteiger partial charge in [-0.3, -0.25) is 4.90 Å². The lowest BCUT2D eigenvalue weighted by Crippen LogP contribution is -2.64. The Balaban J connectivity index is 2.22. The van der Waals surface area contributed by atoms with Crippen LogP contribution in [0.5, 0.6) is 0 Å². The van der Waals surface area contributed by atoms with E-state index < -0.39 is 5.66 Å². The van der Waals surface area contributed by atoms with E-state index in [-0.39, 0.29) is 6.10 Å². The summed E-state index contributed by atoms with van der Waals surface area (Å²) < 4.78 is 5.45. The predicted molar refractivity (Wildman–Crippen MR) is 64.5 cm³/mol. The Morgan fingerprint density at radius 3 is 2.69 bits per heavy atom. The Labute approximate surface area is 96.9 Å². The highest BCUT2D eigenvalue weighted by Crippen LogP contribution is 2.27. The van der Waals surface area contributed by atoms with Crippen LogP contribution in [0.4, 0.5) is 0 Å². The molecule has 2 rings (SSSR count). The van der Waals surface area contributed by atoms with E-state index in [0.717, 1.165) is 18.8 Å². The van der Waals surface area contributed by atoms with Crippen molar-refractivity contribution in [3.63, 3.8) is 0 Å². The van der Waals surface area contributed by atoms with Crippen molar-refractivity contribution in [2.75, 3.05) is 20.2 Å². The summed E-state index contributed by atoms with van der Waals surface area (Å²) in [5.74, 6) is 0. The minimum atomic E-state index is -0.575. The fraction of sp³-hybridized carbons (Fsp3) is 0.667. The van der Waals surface area contributed by atoms with Gasteiger partial charge in [-0.1, -0.05) is 12.5 Å². The molecule has 1 heterocycles. The SMILES string of the molecule is COC1C=CC(N)=CC1(N)N1CCCCC1. The highest BCUT2D eigenvalue weighted by molar-refractivity contribution is 5.30. The number of piperidine rings is 1. The maximum absolute atomic E-state index is 6.47. The number of rotatable bonds is 2. The van der Waals surface area contributed by atoms with Crippen LogP contribution in [0.25, 0.3) is 0 Å². The predicted octanol–water partition coefficient (Wildman–Crippen LogP) is 0.555. The molecule has 16 heavy (non-hydrogen) atoms. The molecule has 0 aromatic carbocycles. The molecule has 4 nitrogen and oxygen atoms in total. The molecular formula is C12H21N3O. The number of nitrogens with zero attached hydrogens (tertiary/aromatic N) is 1. The van der Waals surface area contributed by atoms with E-state index in [0.29, 0.717) is 0 Å². The molecule has 0 aromatic heterocycles. The van der Waals surface area contributed by atoms with Crippen molar-refractivity contribution in [1.82, 2.24) is 4.90 Å². The van der Waals surface area contributed by atoms with E-state index >= 15 is 0 Å². The van der Waals surface area contributed by atoms with E-state index in [4.69, 9.17) is 16.2 Å². The van der Waals surface area contributed by atoms with Crippen LogP contribution >= 0.6 is 0 Å². The van der Waals surface area contributed by atoms with Crippen molar-refractivity contribution < 1.29 is 4.74 Å². The summed E-state index contributed by atoms with van der Waals surface area (Å²) in [6.45, 7) is 2.04. The summed E-state index contributed by atoms with van der Waals surface area (Å²) in [5, 5.41) is 0. The van der Waals surface area contributed by atoms with E-state index in [1.165, 1.54) is 19.3 Å². The third kappa shape index (κ3) is 2.00. The highest BCUT2D eigenvalue weighted by Gasteiger charge is 2.39. The summed E-state index contributed by atoms with van der Waals surface area (Å²) >= 11 is 0. The Morgan fingerprint density at radius 1 is 1.38 bits per heavy atom. The summed E-state index contributed by atoms with van der Waals surface area (Å²) in [4.78, 5) is 2.28. The molecule has 4 heteroatoms. The molecule has 1 aliphatic heterocycles. The quantitative estimate of drug-likeness (QED) is 0.718. The maximum atomic E-state index is 6.47. The second-order valence-corrected chi connectivity index (χ2v) is 4.59. The van der Waals surface area contributed by atoms with Gasteiger partial charge in [-0.15, -0.1) is 0 Å². The Kier molecular flexibility index (Phi) is 3.33. The number of hydrogen-bond acceptors (Lipinski definition) is 4. The van der Waals surface area contributed by atoms with Gasteiger partial charge in [-0.05, 0) is 25.0 Å². The smallest absolute Gasteiger partial charge is 0.121 e. The standard InChI is InChI=1S/C12H21N3O/c1-16-11-6-5-10(13)9-12(11,14)15-7-3-2-4-8-15/h5-6,9,11H,2-4,7-8,13-14H2,1H3. The third-order valence-electron chi connectivity index (χ3n) is 3.47. The number of allylic oxidation sites excluding steroid dienone is 1. The van der Waals surface area contributed by atoms with Gasteiger partial charge < -0.3 is 16.2 Å². The number of ether oxygens (including phenoxy) is 1. The summed E-state index contributed by atoms with van der Waals surface area (Å²) in [6.07, 6.45) is 9.32. The van der Waals surface area contributed by atoms with Crippen molar-refractivity contribution in [1.29, 1.82) is 0 Å². The van der Waals surface area contributed by atoms with E-state index in [9.17, 15) is 0 Å². The van der Waals surface area contributed by atoms with Crippen molar-refractivity contribution in [3.05, 3.63) is 23.9 Å². The molecule has 1 fully saturated rings. The monoisotopic (exact) mass is 223 g/mol. The van der Waals surface area contributed by atoms with Gasteiger partial charge in [0.2, 0.25) is 0 Å². The van der Waals surface area contributed by atoms with Crippen LogP contribution in [0.2, 0.25) is 0 Å². The fourth-order valence-electron chi connectivity index (χ4n) is 2.57. The molecule has 1 aliphatic carbocycles. The Morgan fingerprint density at radius 2 is 2.06 bits per heavy atom. The first-order valence-corrected chi connectivity index (χ1v) is 5.90. The second kappa shape index (κ2) is 4.57. The topological polar surface area (TPSA) is 64.5 Å². The number of likely N-dealkylation sites (tertiary alicyclic amines) is 1. The van der Waals surface area contributed by atoms with Gasteiger partial charge in [0.05, 0.1) is 0 Å². The molecule has 0 aromatic rings. The highest BCUT2D eigenvalue weighted by atomic mass is 16.5. The van der Waals surface area contributed by atoms with E-state index in [1.807, 2.05) is 18.2 Å². The lowest BCUT2D eigenvalue weighted by molar-refractivity contribution is -0.00986. The lowest BCUT2D eigenvalue weighted by atomic mass is 9.93. The normalized spacial score (nSPS) is 36.1. The Bertz CT molecular complexity index is 307. The maximum Gasteiger partial charge on any atom is 0.121 e. The Hall–Kier alpha value is -0.840. The van der Waals surface area contributed by atoms with Gasteiger partial charge in [-0.25, -0.2) is 0 Å². The molecule has 2 unspecified atom stereocenters. The molecule has 90 valence electrons. The van der Waals surface area contributed by atoms with Crippen molar-refractivity contribution in [2.45, 2.75) is 31.0 Å². The zero-order valence-electron chi connectivity index (χ0n) is 9.86. The zero-order valence-corrected chi connectivity index (χ0v) is 9.86. The largest absolute Gasteiger partial charge is 0.399 e. The molecule has 0 spiro atoms. The van der Waals surface area contributed by atoms with Gasteiger partial charge in [0, 0.05) is 25.9 Å². The number of hydrogen-bond donors (Lipinski definition) is 2. The lowest BCUT2D eigenvalue weighted by Gasteiger charge is -2.45. The van der Waals surface area contributed by atoms with Crippen molar-refractivity contribution in [2.24, 2.45) is 11.5 Å². The molecule has 2 atom stereocenters. The van der Waals surface area contributed by atoms with Gasteiger partial charge >= 0.3 is 0 Å². The molecule has 0 bridgehead atoms. The summed E-state index contributed by atoms with van der Waals surface area (Å²) in [5.41, 5.74) is 12.5. The van der Waals surface area contributed by atoms with Crippen molar-refractivity contribution in [3.8, 4) is 0 Å². The zero-order chi connectivity index (χ0) is 11.6. The van der Waals surface area contributed by atoms with Crippen LogP contribution < -0.4 is 11.5 Å². The molecular weight excluding hydrogens is 202 g/mol. The average Bonchev–Trinajstić information content (AvgIpc) is 2.30. The molecule has 2 aliphatic rings. The molecule has 4 N–H and O–H groups in total. The van der Waals surface area contributed by atoms with Crippen molar-refractivity contribution >= 4 is 0 Å². The molecule has 0 saturated carbocycles. The molecule has 0 amide bonds. The summed E-state index contributed by atoms with van der Waals surface area (Å²) in [7, 11) is 1.69. The molecule has 0 radical (unpaired) electrons. The number of methoxy groups -OCH3 is 1. The first-order valence-electron chi connectivity index (χ1n) is 5.90. The van der Waals surface area contributed by atoms with Gasteiger partial charge in [0.1, 0.15) is 11.8 Å². The van der Waals surface area contributed by atoms with Gasteiger partial charge in [0.15, 0.2) is 0 Å². The first kappa shape index (κ1) is 11.6. The summed E-state index contributed by atoms with van der Waals surface area (Å²) in [6, 6.07) is 0. The van der Waals surface area contributed by atoms with E-state index in [1.54, 1.807) is 7.11 Å². The number of nitrogens with two attached hydrogens (primary N) is 2. The van der Waals surface area contributed by atoms with Gasteiger partial charge in [0.25, 0.3) is 0 Å². The third-order valence-corrected chi connectivity index (χ3v) is 3.47.